The predicted molar refractivity (Wildman–Crippen MR) is 157 cm³/mol. The average Bonchev–Trinajstić information content (AvgIpc) is 2.95. The van der Waals surface area contributed by atoms with Gasteiger partial charge in [0, 0.05) is 37.7 Å². The van der Waals surface area contributed by atoms with E-state index in [4.69, 9.17) is 14.0 Å². The van der Waals surface area contributed by atoms with E-state index in [2.05, 4.69) is 83.4 Å². The second kappa shape index (κ2) is 15.6. The van der Waals surface area contributed by atoms with Gasteiger partial charge in [0.25, 0.3) is 0 Å². The van der Waals surface area contributed by atoms with Crippen molar-refractivity contribution in [2.24, 2.45) is 0 Å². The first-order valence-electron chi connectivity index (χ1n) is 12.8. The number of hydrogen-bond donors (Lipinski definition) is 2. The van der Waals surface area contributed by atoms with E-state index in [-0.39, 0.29) is 0 Å². The van der Waals surface area contributed by atoms with Crippen molar-refractivity contribution in [1.82, 2.24) is 0 Å². The molecule has 0 aromatic heterocycles. The molecule has 0 bridgehead atoms. The molecule has 188 valence electrons. The number of hydrogen-bond acceptors (Lipinski definition) is 5. The molecule has 4 rings (SSSR count). The molecule has 2 N–H and O–H groups in total. The summed E-state index contributed by atoms with van der Waals surface area (Å²) < 4.78 is 17.6. The molecule has 7 heteroatoms. The first-order chi connectivity index (χ1) is 18.3. The summed E-state index contributed by atoms with van der Waals surface area (Å²) in [6.45, 7) is 4.03. The van der Waals surface area contributed by atoms with Crippen molar-refractivity contribution in [3.63, 3.8) is 0 Å². The summed E-state index contributed by atoms with van der Waals surface area (Å²) >= 11 is 0. The molecule has 0 atom stereocenters. The van der Waals surface area contributed by atoms with Crippen LogP contribution in [0.2, 0.25) is 0 Å². The highest BCUT2D eigenvalue weighted by atomic mass is 16.5. The van der Waals surface area contributed by atoms with E-state index in [0.29, 0.717) is 41.4 Å². The van der Waals surface area contributed by atoms with Crippen molar-refractivity contribution in [3.8, 4) is 0 Å². The van der Waals surface area contributed by atoms with Gasteiger partial charge in [-0.15, -0.1) is 0 Å². The zero-order valence-electron chi connectivity index (χ0n) is 21.3. The molecule has 0 fully saturated rings. The van der Waals surface area contributed by atoms with E-state index in [1.54, 1.807) is 0 Å². The van der Waals surface area contributed by atoms with Crippen molar-refractivity contribution in [3.05, 3.63) is 120 Å². The maximum atomic E-state index is 5.96. The number of para-hydroxylation sites is 2. The third kappa shape index (κ3) is 10.2. The molecule has 4 aromatic rings. The predicted octanol–water partition coefficient (Wildman–Crippen LogP) is 3.61. The monoisotopic (exact) mass is 492 g/mol. The number of rotatable bonds is 16. The Bertz CT molecular complexity index is 1160. The van der Waals surface area contributed by atoms with Crippen LogP contribution in [0.1, 0.15) is 11.1 Å². The van der Waals surface area contributed by atoms with Crippen LogP contribution in [-0.2, 0) is 27.3 Å². The summed E-state index contributed by atoms with van der Waals surface area (Å²) in [7, 11) is 1.20. The minimum Gasteiger partial charge on any atom is -0.433 e. The SMILES string of the molecule is B(OCCNc1ccccc1)c1ccc(COCc2cccc(BOCCNc3ccccc3)c2)cc1. The molecule has 0 aliphatic carbocycles. The summed E-state index contributed by atoms with van der Waals surface area (Å²) in [4.78, 5) is 0. The van der Waals surface area contributed by atoms with Crippen LogP contribution in [0.5, 0.6) is 0 Å². The summed E-state index contributed by atoms with van der Waals surface area (Å²) in [5.41, 5.74) is 6.85. The average molecular weight is 492 g/mol. The van der Waals surface area contributed by atoms with Crippen molar-refractivity contribution >= 4 is 37.3 Å². The van der Waals surface area contributed by atoms with Crippen LogP contribution in [0, 0.1) is 0 Å². The largest absolute Gasteiger partial charge is 0.433 e. The first kappa shape index (κ1) is 26.6. The molecule has 0 amide bonds. The number of ether oxygens (including phenoxy) is 1. The van der Waals surface area contributed by atoms with Crippen molar-refractivity contribution in [2.45, 2.75) is 13.2 Å². The minimum absolute atomic E-state index is 0.572. The lowest BCUT2D eigenvalue weighted by molar-refractivity contribution is 0.107. The topological polar surface area (TPSA) is 51.8 Å². The Morgan fingerprint density at radius 3 is 1.70 bits per heavy atom. The third-order valence-corrected chi connectivity index (χ3v) is 5.79. The second-order valence-corrected chi connectivity index (χ2v) is 8.82. The highest BCUT2D eigenvalue weighted by Crippen LogP contribution is 2.06. The molecule has 0 aliphatic rings. The molecule has 0 saturated heterocycles. The molecule has 0 heterocycles. The Morgan fingerprint density at radius 1 is 0.514 bits per heavy atom. The summed E-state index contributed by atoms with van der Waals surface area (Å²) in [6.07, 6.45) is 0. The summed E-state index contributed by atoms with van der Waals surface area (Å²) in [5.74, 6) is 0. The molecular weight excluding hydrogens is 458 g/mol. The molecule has 0 aliphatic heterocycles. The van der Waals surface area contributed by atoms with E-state index >= 15 is 0 Å². The Morgan fingerprint density at radius 2 is 1.08 bits per heavy atom. The van der Waals surface area contributed by atoms with Crippen molar-refractivity contribution < 1.29 is 14.0 Å². The van der Waals surface area contributed by atoms with Gasteiger partial charge in [-0.1, -0.05) is 95.9 Å². The van der Waals surface area contributed by atoms with Gasteiger partial charge >= 0.3 is 15.0 Å². The van der Waals surface area contributed by atoms with Gasteiger partial charge in [0.2, 0.25) is 0 Å². The van der Waals surface area contributed by atoms with E-state index in [9.17, 15) is 0 Å². The van der Waals surface area contributed by atoms with Gasteiger partial charge < -0.3 is 24.7 Å². The maximum absolute atomic E-state index is 5.96. The molecule has 0 radical (unpaired) electrons. The van der Waals surface area contributed by atoms with E-state index in [0.717, 1.165) is 46.5 Å². The van der Waals surface area contributed by atoms with E-state index in [1.807, 2.05) is 36.4 Å². The number of nitrogens with one attached hydrogen (secondary N) is 2. The van der Waals surface area contributed by atoms with Crippen molar-refractivity contribution in [1.29, 1.82) is 0 Å². The van der Waals surface area contributed by atoms with Crippen LogP contribution in [-0.4, -0.2) is 41.3 Å². The lowest BCUT2D eigenvalue weighted by atomic mass is 9.87. The lowest BCUT2D eigenvalue weighted by Gasteiger charge is -2.09. The van der Waals surface area contributed by atoms with Crippen LogP contribution >= 0.6 is 0 Å². The van der Waals surface area contributed by atoms with Crippen LogP contribution in [0.25, 0.3) is 0 Å². The van der Waals surface area contributed by atoms with E-state index in [1.165, 1.54) is 0 Å². The van der Waals surface area contributed by atoms with Crippen LogP contribution in [0.4, 0.5) is 11.4 Å². The van der Waals surface area contributed by atoms with Gasteiger partial charge in [0.15, 0.2) is 0 Å². The molecule has 0 spiro atoms. The summed E-state index contributed by atoms with van der Waals surface area (Å²) in [6, 6.07) is 37.1. The highest BCUT2D eigenvalue weighted by Gasteiger charge is 2.02. The molecule has 0 saturated carbocycles. The number of anilines is 2. The smallest absolute Gasteiger partial charge is 0.308 e. The Kier molecular flexibility index (Phi) is 11.2. The van der Waals surface area contributed by atoms with Gasteiger partial charge in [0.1, 0.15) is 0 Å². The minimum atomic E-state index is 0.572. The van der Waals surface area contributed by atoms with Gasteiger partial charge in [-0.2, -0.15) is 0 Å². The number of benzene rings is 4. The molecule has 0 unspecified atom stereocenters. The van der Waals surface area contributed by atoms with Gasteiger partial charge in [-0.05, 0) is 35.4 Å². The maximum Gasteiger partial charge on any atom is 0.308 e. The quantitative estimate of drug-likeness (QED) is 0.185. The Hall–Kier alpha value is -3.51. The van der Waals surface area contributed by atoms with Gasteiger partial charge in [-0.3, -0.25) is 0 Å². The second-order valence-electron chi connectivity index (χ2n) is 8.82. The standard InChI is InChI=1S/C30H34B2N2O3/c1-3-10-29(11-4-1)33-18-20-36-31-27-16-14-25(15-17-27)23-35-24-26-8-7-9-28(22-26)32-37-21-19-34-30-12-5-2-6-13-30/h1-17,22,31-34H,18-21,23-24H2. The zero-order valence-corrected chi connectivity index (χ0v) is 21.3. The molecular formula is C30H34B2N2O3. The fourth-order valence-corrected chi connectivity index (χ4v) is 3.85. The fourth-order valence-electron chi connectivity index (χ4n) is 3.85. The highest BCUT2D eigenvalue weighted by molar-refractivity contribution is 6.47. The Balaban J connectivity index is 1.08. The summed E-state index contributed by atoms with van der Waals surface area (Å²) in [5, 5.41) is 6.70. The fraction of sp³-hybridized carbons (Fsp3) is 0.200. The van der Waals surface area contributed by atoms with Crippen LogP contribution < -0.4 is 21.6 Å². The normalized spacial score (nSPS) is 10.6. The first-order valence-corrected chi connectivity index (χ1v) is 12.8. The zero-order chi connectivity index (χ0) is 25.4. The molecule has 37 heavy (non-hydrogen) atoms. The van der Waals surface area contributed by atoms with Crippen molar-refractivity contribution in [2.75, 3.05) is 36.9 Å². The van der Waals surface area contributed by atoms with Crippen LogP contribution in [0.3, 0.4) is 0 Å². The van der Waals surface area contributed by atoms with Gasteiger partial charge in [-0.25, -0.2) is 0 Å². The third-order valence-electron chi connectivity index (χ3n) is 5.79. The van der Waals surface area contributed by atoms with Crippen LogP contribution in [0.15, 0.2) is 109 Å². The van der Waals surface area contributed by atoms with E-state index < -0.39 is 0 Å². The Labute approximate surface area is 221 Å². The molecule has 4 aromatic carbocycles. The van der Waals surface area contributed by atoms with Gasteiger partial charge in [0.05, 0.1) is 13.2 Å². The lowest BCUT2D eigenvalue weighted by Crippen LogP contribution is -2.21. The molecule has 5 nitrogen and oxygen atoms in total.